The molecule has 0 amide bonds. The van der Waals surface area contributed by atoms with Crippen LogP contribution in [0.15, 0.2) is 16.6 Å². The molecule has 5 nitrogen and oxygen atoms in total. The number of nitrogens with one attached hydrogen (secondary N) is 2. The van der Waals surface area contributed by atoms with Crippen LogP contribution in [0.25, 0.3) is 0 Å². The predicted molar refractivity (Wildman–Crippen MR) is 98.5 cm³/mol. The van der Waals surface area contributed by atoms with Gasteiger partial charge in [-0.05, 0) is 13.3 Å². The van der Waals surface area contributed by atoms with E-state index in [1.807, 2.05) is 11.6 Å². The van der Waals surface area contributed by atoms with Crippen LogP contribution in [0.1, 0.15) is 32.2 Å². The van der Waals surface area contributed by atoms with E-state index in [2.05, 4.69) is 41.4 Å². The molecule has 1 aliphatic carbocycles. The molecule has 0 spiro atoms. The lowest BCUT2D eigenvalue weighted by molar-refractivity contribution is -0.0922. The summed E-state index contributed by atoms with van der Waals surface area (Å²) in [4.78, 5) is 8.85. The zero-order valence-electron chi connectivity index (χ0n) is 13.0. The Morgan fingerprint density at radius 2 is 2.33 bits per heavy atom. The van der Waals surface area contributed by atoms with Crippen LogP contribution in [-0.2, 0) is 11.3 Å². The number of hydrogen-bond donors (Lipinski definition) is 2. The van der Waals surface area contributed by atoms with E-state index in [1.54, 1.807) is 18.4 Å². The monoisotopic (exact) mass is 424 g/mol. The molecule has 0 aromatic carbocycles. The molecule has 0 bridgehead atoms. The molecule has 1 aromatic rings. The topological polar surface area (TPSA) is 58.5 Å². The standard InChI is InChI=1S/C14H24N4OS.HI/c1-5-15-13(17-9-12-16-6-7-20-12)18-10-8-11(19-4)14(10,2)3;/h6-7,10-11H,5,8-9H2,1-4H3,(H2,15,17,18);1H. The second kappa shape index (κ2) is 8.28. The summed E-state index contributed by atoms with van der Waals surface area (Å²) in [7, 11) is 1.78. The molecule has 1 aliphatic rings. The van der Waals surface area contributed by atoms with Crippen LogP contribution >= 0.6 is 35.3 Å². The summed E-state index contributed by atoms with van der Waals surface area (Å²) in [5, 5.41) is 9.80. The van der Waals surface area contributed by atoms with Gasteiger partial charge < -0.3 is 15.4 Å². The van der Waals surface area contributed by atoms with Crippen LogP contribution in [0.4, 0.5) is 0 Å². The lowest BCUT2D eigenvalue weighted by Gasteiger charge is -2.51. The van der Waals surface area contributed by atoms with Gasteiger partial charge in [-0.2, -0.15) is 0 Å². The van der Waals surface area contributed by atoms with Crippen LogP contribution in [-0.4, -0.2) is 36.7 Å². The first-order chi connectivity index (χ1) is 9.57. The van der Waals surface area contributed by atoms with E-state index in [-0.39, 0.29) is 29.4 Å². The fourth-order valence-corrected chi connectivity index (χ4v) is 3.03. The fourth-order valence-electron chi connectivity index (χ4n) is 2.49. The van der Waals surface area contributed by atoms with Crippen molar-refractivity contribution in [3.63, 3.8) is 0 Å². The summed E-state index contributed by atoms with van der Waals surface area (Å²) in [5.41, 5.74) is 0.131. The highest BCUT2D eigenvalue weighted by Crippen LogP contribution is 2.42. The number of ether oxygens (including phenoxy) is 1. The Morgan fingerprint density at radius 1 is 1.57 bits per heavy atom. The quantitative estimate of drug-likeness (QED) is 0.434. The largest absolute Gasteiger partial charge is 0.381 e. The molecule has 21 heavy (non-hydrogen) atoms. The number of guanidine groups is 1. The molecule has 1 aromatic heterocycles. The zero-order valence-corrected chi connectivity index (χ0v) is 16.2. The maximum Gasteiger partial charge on any atom is 0.191 e. The van der Waals surface area contributed by atoms with E-state index < -0.39 is 0 Å². The Labute approximate surface area is 148 Å². The number of methoxy groups -OCH3 is 1. The summed E-state index contributed by atoms with van der Waals surface area (Å²) in [6, 6.07) is 0.390. The SMILES string of the molecule is CCNC(=NCc1nccs1)NC1CC(OC)C1(C)C.I. The van der Waals surface area contributed by atoms with Gasteiger partial charge in [0.25, 0.3) is 0 Å². The van der Waals surface area contributed by atoms with Gasteiger partial charge in [-0.1, -0.05) is 13.8 Å². The first kappa shape index (κ1) is 18.6. The van der Waals surface area contributed by atoms with Gasteiger partial charge in [-0.3, -0.25) is 0 Å². The van der Waals surface area contributed by atoms with Crippen molar-refractivity contribution in [2.45, 2.75) is 45.9 Å². The van der Waals surface area contributed by atoms with Crippen molar-refractivity contribution in [1.82, 2.24) is 15.6 Å². The summed E-state index contributed by atoms with van der Waals surface area (Å²) in [5.74, 6) is 0.857. The molecule has 120 valence electrons. The minimum atomic E-state index is 0. The molecule has 7 heteroatoms. The van der Waals surface area contributed by atoms with Crippen molar-refractivity contribution in [2.24, 2.45) is 10.4 Å². The van der Waals surface area contributed by atoms with Crippen molar-refractivity contribution in [1.29, 1.82) is 0 Å². The minimum Gasteiger partial charge on any atom is -0.381 e. The van der Waals surface area contributed by atoms with Gasteiger partial charge in [0.05, 0.1) is 12.6 Å². The summed E-state index contributed by atoms with van der Waals surface area (Å²) in [6.45, 7) is 8.00. The van der Waals surface area contributed by atoms with E-state index in [0.29, 0.717) is 18.7 Å². The van der Waals surface area contributed by atoms with Crippen molar-refractivity contribution in [2.75, 3.05) is 13.7 Å². The first-order valence-electron chi connectivity index (χ1n) is 7.04. The molecule has 0 radical (unpaired) electrons. The normalized spacial score (nSPS) is 23.9. The van der Waals surface area contributed by atoms with Gasteiger partial charge in [0.2, 0.25) is 0 Å². The molecular formula is C14H25IN4OS. The first-order valence-corrected chi connectivity index (χ1v) is 7.92. The smallest absolute Gasteiger partial charge is 0.191 e. The van der Waals surface area contributed by atoms with Crippen molar-refractivity contribution >= 4 is 41.3 Å². The molecule has 0 saturated heterocycles. The lowest BCUT2D eigenvalue weighted by atomic mass is 9.64. The van der Waals surface area contributed by atoms with Crippen molar-refractivity contribution < 1.29 is 4.74 Å². The average Bonchev–Trinajstić information content (AvgIpc) is 2.93. The second-order valence-corrected chi connectivity index (χ2v) is 6.58. The van der Waals surface area contributed by atoms with Crippen LogP contribution < -0.4 is 10.6 Å². The Bertz CT molecular complexity index is 450. The van der Waals surface area contributed by atoms with E-state index in [4.69, 9.17) is 4.74 Å². The Kier molecular flexibility index (Phi) is 7.35. The second-order valence-electron chi connectivity index (χ2n) is 5.60. The van der Waals surface area contributed by atoms with Gasteiger partial charge in [0, 0.05) is 36.7 Å². The molecule has 1 heterocycles. The maximum absolute atomic E-state index is 5.48. The number of nitrogens with zero attached hydrogens (tertiary/aromatic N) is 2. The van der Waals surface area contributed by atoms with E-state index >= 15 is 0 Å². The molecule has 2 rings (SSSR count). The molecule has 1 fully saturated rings. The van der Waals surface area contributed by atoms with Gasteiger partial charge in [0.1, 0.15) is 5.01 Å². The number of aliphatic imine (C=N–C) groups is 1. The Morgan fingerprint density at radius 3 is 2.86 bits per heavy atom. The van der Waals surface area contributed by atoms with Crippen molar-refractivity contribution in [3.05, 3.63) is 16.6 Å². The summed E-state index contributed by atoms with van der Waals surface area (Å²) < 4.78 is 5.48. The molecule has 2 unspecified atom stereocenters. The fraction of sp³-hybridized carbons (Fsp3) is 0.714. The third-order valence-electron chi connectivity index (χ3n) is 3.97. The van der Waals surface area contributed by atoms with Crippen molar-refractivity contribution in [3.8, 4) is 0 Å². The number of rotatable bonds is 5. The van der Waals surface area contributed by atoms with Gasteiger partial charge >= 0.3 is 0 Å². The third kappa shape index (κ3) is 4.53. The predicted octanol–water partition coefficient (Wildman–Crippen LogP) is 2.63. The third-order valence-corrected chi connectivity index (χ3v) is 4.74. The minimum absolute atomic E-state index is 0. The van der Waals surface area contributed by atoms with Crippen LogP contribution in [0.2, 0.25) is 0 Å². The summed E-state index contributed by atoms with van der Waals surface area (Å²) in [6.07, 6.45) is 3.15. The Balaban J connectivity index is 0.00000220. The molecular weight excluding hydrogens is 399 g/mol. The maximum atomic E-state index is 5.48. The molecule has 2 atom stereocenters. The molecule has 2 N–H and O–H groups in total. The number of hydrogen-bond acceptors (Lipinski definition) is 4. The van der Waals surface area contributed by atoms with Gasteiger partial charge in [-0.25, -0.2) is 9.98 Å². The molecule has 1 saturated carbocycles. The molecule has 0 aliphatic heterocycles. The van der Waals surface area contributed by atoms with Gasteiger partial charge in [-0.15, -0.1) is 35.3 Å². The van der Waals surface area contributed by atoms with E-state index in [9.17, 15) is 0 Å². The van der Waals surface area contributed by atoms with E-state index in [1.165, 1.54) is 0 Å². The highest BCUT2D eigenvalue weighted by molar-refractivity contribution is 14.0. The van der Waals surface area contributed by atoms with Gasteiger partial charge in [0.15, 0.2) is 5.96 Å². The highest BCUT2D eigenvalue weighted by atomic mass is 127. The Hall–Kier alpha value is -0.410. The zero-order chi connectivity index (χ0) is 14.6. The summed E-state index contributed by atoms with van der Waals surface area (Å²) >= 11 is 1.63. The lowest BCUT2D eigenvalue weighted by Crippen LogP contribution is -2.63. The number of thiazole rings is 1. The number of halogens is 1. The van der Waals surface area contributed by atoms with Crippen LogP contribution in [0.5, 0.6) is 0 Å². The highest BCUT2D eigenvalue weighted by Gasteiger charge is 2.48. The van der Waals surface area contributed by atoms with Crippen LogP contribution in [0.3, 0.4) is 0 Å². The van der Waals surface area contributed by atoms with E-state index in [0.717, 1.165) is 23.9 Å². The average molecular weight is 424 g/mol. The number of aromatic nitrogens is 1. The van der Waals surface area contributed by atoms with Crippen LogP contribution in [0, 0.1) is 5.41 Å².